The van der Waals surface area contributed by atoms with Crippen LogP contribution in [0.15, 0.2) is 72.8 Å². The SMILES string of the molecule is CC(C)(C)OC(=O)NCC(=O)NCc1ccccc1NC(=O)CNC(=O)OCC1c2ccccc2-c2ccccc21. The lowest BCUT2D eigenvalue weighted by Crippen LogP contribution is -2.39. The van der Waals surface area contributed by atoms with Gasteiger partial charge in [0, 0.05) is 18.2 Å². The van der Waals surface area contributed by atoms with Crippen molar-refractivity contribution < 1.29 is 28.7 Å². The Kier molecular flexibility index (Phi) is 9.23. The number of para-hydroxylation sites is 1. The maximum absolute atomic E-state index is 12.6. The molecule has 0 aromatic heterocycles. The van der Waals surface area contributed by atoms with Gasteiger partial charge in [0.2, 0.25) is 11.8 Å². The van der Waals surface area contributed by atoms with Crippen molar-refractivity contribution in [1.29, 1.82) is 0 Å². The highest BCUT2D eigenvalue weighted by atomic mass is 16.6. The van der Waals surface area contributed by atoms with E-state index < -0.39 is 29.6 Å². The first kappa shape index (κ1) is 29.1. The Labute approximate surface area is 238 Å². The number of hydrogen-bond acceptors (Lipinski definition) is 6. The first-order valence-electron chi connectivity index (χ1n) is 13.3. The number of amides is 4. The normalized spacial score (nSPS) is 12.0. The zero-order valence-electron chi connectivity index (χ0n) is 23.3. The first-order chi connectivity index (χ1) is 19.6. The van der Waals surface area contributed by atoms with Gasteiger partial charge in [-0.25, -0.2) is 9.59 Å². The highest BCUT2D eigenvalue weighted by Gasteiger charge is 2.29. The number of hydrogen-bond donors (Lipinski definition) is 4. The second-order valence-corrected chi connectivity index (χ2v) is 10.5. The molecule has 0 saturated carbocycles. The van der Waals surface area contributed by atoms with Crippen LogP contribution in [0.2, 0.25) is 0 Å². The number of rotatable bonds is 9. The van der Waals surface area contributed by atoms with Crippen LogP contribution in [0.1, 0.15) is 43.4 Å². The van der Waals surface area contributed by atoms with Crippen molar-refractivity contribution in [3.05, 3.63) is 89.5 Å². The topological polar surface area (TPSA) is 135 Å². The second-order valence-electron chi connectivity index (χ2n) is 10.5. The van der Waals surface area contributed by atoms with Gasteiger partial charge in [-0.3, -0.25) is 9.59 Å². The van der Waals surface area contributed by atoms with Crippen LogP contribution >= 0.6 is 0 Å². The van der Waals surface area contributed by atoms with Crippen LogP contribution in [-0.4, -0.2) is 49.3 Å². The molecule has 10 nitrogen and oxygen atoms in total. The Morgan fingerprint density at radius 3 is 1.93 bits per heavy atom. The predicted molar refractivity (Wildman–Crippen MR) is 154 cm³/mol. The number of carbonyl (C=O) groups is 4. The summed E-state index contributed by atoms with van der Waals surface area (Å²) in [7, 11) is 0. The number of nitrogens with one attached hydrogen (secondary N) is 4. The number of ether oxygens (including phenoxy) is 2. The average Bonchev–Trinajstić information content (AvgIpc) is 3.26. The van der Waals surface area contributed by atoms with Crippen LogP contribution in [0.25, 0.3) is 11.1 Å². The summed E-state index contributed by atoms with van der Waals surface area (Å²) in [6.45, 7) is 4.89. The third-order valence-electron chi connectivity index (χ3n) is 6.30. The van der Waals surface area contributed by atoms with E-state index in [1.807, 2.05) is 36.4 Å². The zero-order valence-corrected chi connectivity index (χ0v) is 23.3. The lowest BCUT2D eigenvalue weighted by atomic mass is 9.98. The number of carbonyl (C=O) groups excluding carboxylic acids is 4. The van der Waals surface area contributed by atoms with Gasteiger partial charge in [0.15, 0.2) is 0 Å². The number of anilines is 1. The molecule has 0 atom stereocenters. The van der Waals surface area contributed by atoms with E-state index in [1.54, 1.807) is 45.0 Å². The molecule has 1 aliphatic rings. The van der Waals surface area contributed by atoms with Crippen molar-refractivity contribution in [3.8, 4) is 11.1 Å². The molecule has 4 amide bonds. The minimum absolute atomic E-state index is 0.0802. The summed E-state index contributed by atoms with van der Waals surface area (Å²) >= 11 is 0. The number of benzene rings is 3. The molecule has 0 unspecified atom stereocenters. The van der Waals surface area contributed by atoms with Gasteiger partial charge < -0.3 is 30.7 Å². The van der Waals surface area contributed by atoms with Crippen molar-refractivity contribution in [2.75, 3.05) is 25.0 Å². The molecule has 0 bridgehead atoms. The highest BCUT2D eigenvalue weighted by Crippen LogP contribution is 2.44. The molecule has 0 aliphatic heterocycles. The molecule has 0 radical (unpaired) electrons. The molecule has 1 aliphatic carbocycles. The predicted octanol–water partition coefficient (Wildman–Crippen LogP) is 4.30. The van der Waals surface area contributed by atoms with E-state index in [-0.39, 0.29) is 32.2 Å². The Bertz CT molecular complexity index is 1390. The Balaban J connectivity index is 1.22. The van der Waals surface area contributed by atoms with E-state index in [9.17, 15) is 19.2 Å². The van der Waals surface area contributed by atoms with E-state index in [2.05, 4.69) is 33.4 Å². The average molecular weight is 559 g/mol. The van der Waals surface area contributed by atoms with E-state index in [0.29, 0.717) is 11.3 Å². The van der Waals surface area contributed by atoms with Gasteiger partial charge >= 0.3 is 12.2 Å². The molecule has 4 rings (SSSR count). The van der Waals surface area contributed by atoms with Gasteiger partial charge in [-0.15, -0.1) is 0 Å². The van der Waals surface area contributed by atoms with Crippen molar-refractivity contribution >= 4 is 29.7 Å². The fourth-order valence-electron chi connectivity index (χ4n) is 4.52. The quantitative estimate of drug-likeness (QED) is 0.309. The number of alkyl carbamates (subject to hydrolysis) is 2. The van der Waals surface area contributed by atoms with Gasteiger partial charge in [-0.05, 0) is 54.7 Å². The third-order valence-corrected chi connectivity index (χ3v) is 6.30. The molecule has 0 spiro atoms. The maximum atomic E-state index is 12.6. The van der Waals surface area contributed by atoms with E-state index in [1.165, 1.54) is 0 Å². The Morgan fingerprint density at radius 1 is 0.707 bits per heavy atom. The molecule has 41 heavy (non-hydrogen) atoms. The fraction of sp³-hybridized carbons (Fsp3) is 0.290. The van der Waals surface area contributed by atoms with Gasteiger partial charge in [0.25, 0.3) is 0 Å². The molecule has 0 saturated heterocycles. The fourth-order valence-corrected chi connectivity index (χ4v) is 4.52. The summed E-state index contributed by atoms with van der Waals surface area (Å²) < 4.78 is 10.6. The van der Waals surface area contributed by atoms with Crippen molar-refractivity contribution in [2.24, 2.45) is 0 Å². The van der Waals surface area contributed by atoms with Gasteiger partial charge in [0.05, 0.1) is 0 Å². The van der Waals surface area contributed by atoms with Crippen molar-refractivity contribution in [3.63, 3.8) is 0 Å². The number of fused-ring (bicyclic) bond motifs is 3. The summed E-state index contributed by atoms with van der Waals surface area (Å²) in [6.07, 6.45) is -1.38. The van der Waals surface area contributed by atoms with Crippen LogP contribution in [-0.2, 0) is 25.6 Å². The maximum Gasteiger partial charge on any atom is 0.408 e. The van der Waals surface area contributed by atoms with E-state index in [4.69, 9.17) is 9.47 Å². The van der Waals surface area contributed by atoms with E-state index >= 15 is 0 Å². The van der Waals surface area contributed by atoms with Gasteiger partial charge in [-0.1, -0.05) is 66.7 Å². The Morgan fingerprint density at radius 2 is 1.27 bits per heavy atom. The van der Waals surface area contributed by atoms with Crippen LogP contribution < -0.4 is 21.3 Å². The monoisotopic (exact) mass is 558 g/mol. The molecular formula is C31H34N4O6. The molecule has 0 heterocycles. The summed E-state index contributed by atoms with van der Waals surface area (Å²) in [5, 5.41) is 10.3. The second kappa shape index (κ2) is 13.0. The molecule has 3 aromatic rings. The molecule has 3 aromatic carbocycles. The van der Waals surface area contributed by atoms with Crippen LogP contribution in [0.5, 0.6) is 0 Å². The van der Waals surface area contributed by atoms with Gasteiger partial charge in [0.1, 0.15) is 25.3 Å². The van der Waals surface area contributed by atoms with E-state index in [0.717, 1.165) is 22.3 Å². The minimum Gasteiger partial charge on any atom is -0.449 e. The Hall–Kier alpha value is -4.86. The third kappa shape index (κ3) is 8.07. The standard InChI is InChI=1S/C31H34N4O6/c1-31(2,3)41-30(39)34-17-27(36)32-16-20-10-4-9-15-26(20)35-28(37)18-33-29(38)40-19-25-23-13-7-5-11-21(23)22-12-6-8-14-24(22)25/h4-15,25H,16-19H2,1-3H3,(H,32,36)(H,33,38)(H,34,39)(H,35,37). The lowest BCUT2D eigenvalue weighted by molar-refractivity contribution is -0.120. The van der Waals surface area contributed by atoms with Gasteiger partial charge in [-0.2, -0.15) is 0 Å². The van der Waals surface area contributed by atoms with Crippen molar-refractivity contribution in [1.82, 2.24) is 16.0 Å². The summed E-state index contributed by atoms with van der Waals surface area (Å²) in [5.41, 5.74) is 4.92. The highest BCUT2D eigenvalue weighted by molar-refractivity contribution is 5.94. The molecular weight excluding hydrogens is 524 g/mol. The largest absolute Gasteiger partial charge is 0.449 e. The summed E-state index contributed by atoms with van der Waals surface area (Å²) in [6, 6.07) is 23.0. The molecule has 10 heteroatoms. The minimum atomic E-state index is -0.694. The molecule has 4 N–H and O–H groups in total. The smallest absolute Gasteiger partial charge is 0.408 e. The lowest BCUT2D eigenvalue weighted by Gasteiger charge is -2.19. The van der Waals surface area contributed by atoms with Crippen molar-refractivity contribution in [2.45, 2.75) is 38.8 Å². The molecule has 0 fully saturated rings. The van der Waals surface area contributed by atoms with Crippen LogP contribution in [0.4, 0.5) is 15.3 Å². The zero-order chi connectivity index (χ0) is 29.4. The first-order valence-corrected chi connectivity index (χ1v) is 13.3. The molecule has 214 valence electrons. The van der Waals surface area contributed by atoms with Crippen LogP contribution in [0, 0.1) is 0 Å². The van der Waals surface area contributed by atoms with Crippen LogP contribution in [0.3, 0.4) is 0 Å². The summed E-state index contributed by atoms with van der Waals surface area (Å²) in [5.74, 6) is -0.957. The summed E-state index contributed by atoms with van der Waals surface area (Å²) in [4.78, 5) is 48.9.